The maximum Gasteiger partial charge on any atom is 0.270 e. The van der Waals surface area contributed by atoms with Crippen molar-refractivity contribution in [1.82, 2.24) is 9.62 Å². The van der Waals surface area contributed by atoms with Crippen molar-refractivity contribution in [3.05, 3.63) is 33.4 Å². The minimum atomic E-state index is -3.84. The number of nitrogens with two attached hydrogens (primary N) is 1. The van der Waals surface area contributed by atoms with Gasteiger partial charge in [-0.25, -0.2) is 8.42 Å². The summed E-state index contributed by atoms with van der Waals surface area (Å²) in [5, 5.41) is 13.8. The number of aryl methyl sites for hydroxylation is 2. The number of sulfonamides is 1. The lowest BCUT2D eigenvalue weighted by atomic mass is 10.1. The summed E-state index contributed by atoms with van der Waals surface area (Å²) >= 11 is 0. The van der Waals surface area contributed by atoms with Crippen LogP contribution in [0.3, 0.4) is 0 Å². The number of non-ortho nitro benzene ring substituents is 1. The number of nitrogens with one attached hydrogen (secondary N) is 1. The Bertz CT molecular complexity index is 808. The van der Waals surface area contributed by atoms with E-state index in [0.717, 1.165) is 12.8 Å². The van der Waals surface area contributed by atoms with Gasteiger partial charge < -0.3 is 11.1 Å². The van der Waals surface area contributed by atoms with Crippen molar-refractivity contribution < 1.29 is 18.1 Å². The Kier molecular flexibility index (Phi) is 8.80. The molecule has 1 saturated heterocycles. The minimum Gasteiger partial charge on any atom is -0.354 e. The zero-order valence-electron chi connectivity index (χ0n) is 16.0. The van der Waals surface area contributed by atoms with Crippen molar-refractivity contribution in [2.24, 2.45) is 5.73 Å². The highest BCUT2D eigenvalue weighted by atomic mass is 35.5. The van der Waals surface area contributed by atoms with Crippen LogP contribution in [-0.2, 0) is 14.8 Å². The minimum absolute atomic E-state index is 0. The highest BCUT2D eigenvalue weighted by Crippen LogP contribution is 2.31. The van der Waals surface area contributed by atoms with Gasteiger partial charge in [-0.3, -0.25) is 14.9 Å². The van der Waals surface area contributed by atoms with Crippen LogP contribution in [0.5, 0.6) is 0 Å². The van der Waals surface area contributed by atoms with Gasteiger partial charge in [0.05, 0.1) is 9.82 Å². The fourth-order valence-electron chi connectivity index (χ4n) is 3.50. The van der Waals surface area contributed by atoms with Crippen LogP contribution in [0.2, 0.25) is 0 Å². The average Bonchev–Trinajstić information content (AvgIpc) is 2.59. The molecule has 0 saturated carbocycles. The molecule has 1 unspecified atom stereocenters. The SMILES string of the molecule is Cc1cc([N+](=O)[O-])cc(C)c1S(=O)(=O)N1CCCCC1CNC(=O)CCN.Cl. The third-order valence-electron chi connectivity index (χ3n) is 4.70. The van der Waals surface area contributed by atoms with E-state index in [1.807, 2.05) is 0 Å². The normalized spacial score (nSPS) is 17.6. The smallest absolute Gasteiger partial charge is 0.270 e. The number of hydrogen-bond acceptors (Lipinski definition) is 6. The van der Waals surface area contributed by atoms with Gasteiger partial charge in [0.15, 0.2) is 0 Å². The molecule has 11 heteroatoms. The van der Waals surface area contributed by atoms with Crippen LogP contribution in [0.15, 0.2) is 17.0 Å². The summed E-state index contributed by atoms with van der Waals surface area (Å²) in [4.78, 5) is 22.3. The summed E-state index contributed by atoms with van der Waals surface area (Å²) in [6, 6.07) is 2.21. The Morgan fingerprint density at radius 1 is 1.32 bits per heavy atom. The van der Waals surface area contributed by atoms with Crippen LogP contribution in [0, 0.1) is 24.0 Å². The molecule has 0 bridgehead atoms. The zero-order chi connectivity index (χ0) is 20.2. The maximum atomic E-state index is 13.3. The lowest BCUT2D eigenvalue weighted by molar-refractivity contribution is -0.385. The molecular weight excluding hydrogens is 408 g/mol. The first kappa shape index (κ1) is 24.3. The lowest BCUT2D eigenvalue weighted by Gasteiger charge is -2.35. The molecule has 0 spiro atoms. The predicted molar refractivity (Wildman–Crippen MR) is 108 cm³/mol. The van der Waals surface area contributed by atoms with Crippen LogP contribution < -0.4 is 11.1 Å². The van der Waals surface area contributed by atoms with Crippen molar-refractivity contribution in [1.29, 1.82) is 0 Å². The van der Waals surface area contributed by atoms with Crippen LogP contribution in [0.4, 0.5) is 5.69 Å². The van der Waals surface area contributed by atoms with E-state index in [9.17, 15) is 23.3 Å². The molecule has 1 aliphatic heterocycles. The van der Waals surface area contributed by atoms with E-state index in [1.54, 1.807) is 13.8 Å². The molecule has 1 atom stereocenters. The van der Waals surface area contributed by atoms with Gasteiger partial charge in [0.1, 0.15) is 0 Å². The number of nitro benzene ring substituents is 1. The number of nitrogens with zero attached hydrogens (tertiary/aromatic N) is 2. The van der Waals surface area contributed by atoms with Crippen molar-refractivity contribution in [2.75, 3.05) is 19.6 Å². The third-order valence-corrected chi connectivity index (χ3v) is 6.96. The molecule has 1 aromatic rings. The van der Waals surface area contributed by atoms with Crippen LogP contribution in [0.25, 0.3) is 0 Å². The summed E-state index contributed by atoms with van der Waals surface area (Å²) in [5.41, 5.74) is 5.92. The van der Waals surface area contributed by atoms with Crippen molar-refractivity contribution in [3.8, 4) is 0 Å². The van der Waals surface area contributed by atoms with E-state index < -0.39 is 14.9 Å². The Labute approximate surface area is 171 Å². The molecule has 0 aromatic heterocycles. The van der Waals surface area contributed by atoms with Crippen molar-refractivity contribution in [3.63, 3.8) is 0 Å². The number of rotatable bonds is 7. The van der Waals surface area contributed by atoms with E-state index in [1.165, 1.54) is 16.4 Å². The number of benzene rings is 1. The summed E-state index contributed by atoms with van der Waals surface area (Å²) in [6.07, 6.45) is 2.45. The molecule has 0 aliphatic carbocycles. The van der Waals surface area contributed by atoms with Crippen LogP contribution in [0.1, 0.15) is 36.8 Å². The summed E-state index contributed by atoms with van der Waals surface area (Å²) in [7, 11) is -3.84. The molecule has 1 aromatic carbocycles. The first-order valence-electron chi connectivity index (χ1n) is 8.92. The monoisotopic (exact) mass is 434 g/mol. The lowest BCUT2D eigenvalue weighted by Crippen LogP contribution is -2.49. The second-order valence-corrected chi connectivity index (χ2v) is 8.60. The summed E-state index contributed by atoms with van der Waals surface area (Å²) in [5.74, 6) is -0.205. The molecule has 1 heterocycles. The Hall–Kier alpha value is -1.75. The number of amides is 1. The molecule has 1 amide bonds. The van der Waals surface area contributed by atoms with Gasteiger partial charge >= 0.3 is 0 Å². The molecule has 1 fully saturated rings. The highest BCUT2D eigenvalue weighted by molar-refractivity contribution is 7.89. The second kappa shape index (κ2) is 10.1. The van der Waals surface area contributed by atoms with E-state index in [2.05, 4.69) is 5.32 Å². The standard InChI is InChI=1S/C17H26N4O5S.ClH/c1-12-9-15(21(23)24)10-13(2)17(12)27(25,26)20-8-4-3-5-14(20)11-19-16(22)6-7-18;/h9-10,14H,3-8,11,18H2,1-2H3,(H,19,22);1H. The zero-order valence-corrected chi connectivity index (χ0v) is 17.6. The van der Waals surface area contributed by atoms with Gasteiger partial charge in [0, 0.05) is 44.2 Å². The molecule has 158 valence electrons. The predicted octanol–water partition coefficient (Wildman–Crippen LogP) is 1.64. The summed E-state index contributed by atoms with van der Waals surface area (Å²) in [6.45, 7) is 3.95. The van der Waals surface area contributed by atoms with Gasteiger partial charge in [-0.05, 0) is 37.8 Å². The number of nitro groups is 1. The molecule has 2 rings (SSSR count). The number of hydrogen-bond donors (Lipinski definition) is 2. The molecule has 0 radical (unpaired) electrons. The molecule has 1 aliphatic rings. The van der Waals surface area contributed by atoms with Crippen molar-refractivity contribution in [2.45, 2.75) is 50.5 Å². The Morgan fingerprint density at radius 2 is 1.93 bits per heavy atom. The number of carbonyl (C=O) groups is 1. The largest absolute Gasteiger partial charge is 0.354 e. The number of piperidine rings is 1. The van der Waals surface area contributed by atoms with Crippen LogP contribution in [-0.4, -0.2) is 49.2 Å². The van der Waals surface area contributed by atoms with Crippen LogP contribution >= 0.6 is 12.4 Å². The van der Waals surface area contributed by atoms with Crippen molar-refractivity contribution >= 4 is 34.0 Å². The first-order valence-corrected chi connectivity index (χ1v) is 10.4. The average molecular weight is 435 g/mol. The number of halogens is 1. The number of carbonyl (C=O) groups excluding carboxylic acids is 1. The fourth-order valence-corrected chi connectivity index (χ4v) is 5.61. The quantitative estimate of drug-likeness (QED) is 0.494. The van der Waals surface area contributed by atoms with E-state index in [4.69, 9.17) is 5.73 Å². The maximum absolute atomic E-state index is 13.3. The first-order chi connectivity index (χ1) is 12.7. The van der Waals surface area contributed by atoms with E-state index >= 15 is 0 Å². The third kappa shape index (κ3) is 5.40. The van der Waals surface area contributed by atoms with Gasteiger partial charge in [0.25, 0.3) is 5.69 Å². The molecule has 9 nitrogen and oxygen atoms in total. The van der Waals surface area contributed by atoms with E-state index in [0.29, 0.717) is 24.1 Å². The summed E-state index contributed by atoms with van der Waals surface area (Å²) < 4.78 is 28.0. The second-order valence-electron chi connectivity index (χ2n) is 6.77. The molecule has 28 heavy (non-hydrogen) atoms. The van der Waals surface area contributed by atoms with Gasteiger partial charge in [-0.1, -0.05) is 6.42 Å². The molecule has 3 N–H and O–H groups in total. The van der Waals surface area contributed by atoms with Gasteiger partial charge in [0.2, 0.25) is 15.9 Å². The topological polar surface area (TPSA) is 136 Å². The Balaban J connectivity index is 0.00000392. The van der Waals surface area contributed by atoms with E-state index in [-0.39, 0.29) is 54.4 Å². The molecular formula is C17H27ClN4O5S. The van der Waals surface area contributed by atoms with Gasteiger partial charge in [-0.15, -0.1) is 12.4 Å². The highest BCUT2D eigenvalue weighted by Gasteiger charge is 2.35. The fraction of sp³-hybridized carbons (Fsp3) is 0.588. The van der Waals surface area contributed by atoms with Gasteiger partial charge in [-0.2, -0.15) is 4.31 Å². The Morgan fingerprint density at radius 3 is 2.46 bits per heavy atom.